The number of hydrogen-bond acceptors (Lipinski definition) is 4. The largest absolute Gasteiger partial charge is 0.472 e. The number of rotatable bonds is 26. The van der Waals surface area contributed by atoms with Gasteiger partial charge in [0, 0.05) is 6.61 Å². The molecule has 0 spiro atoms. The number of phosphoric ester groups is 1. The molecule has 0 radical (unpaired) electrons. The molecule has 0 aliphatic rings. The summed E-state index contributed by atoms with van der Waals surface area (Å²) in [5.41, 5.74) is 2.64. The van der Waals surface area contributed by atoms with Crippen LogP contribution in [0, 0.1) is 0 Å². The van der Waals surface area contributed by atoms with E-state index in [-0.39, 0.29) is 13.2 Å². The highest BCUT2D eigenvalue weighted by atomic mass is 31.2. The molecule has 0 saturated carbocycles. The number of hydrogen-bond donors (Lipinski definition) is 2. The van der Waals surface area contributed by atoms with E-state index in [9.17, 15) is 9.46 Å². The Labute approximate surface area is 234 Å². The summed E-state index contributed by atoms with van der Waals surface area (Å²) in [6.45, 7) is 1.41. The fourth-order valence-corrected chi connectivity index (χ4v) is 5.30. The van der Waals surface area contributed by atoms with Crippen LogP contribution in [0.2, 0.25) is 0 Å². The highest BCUT2D eigenvalue weighted by molar-refractivity contribution is 7.47. The summed E-state index contributed by atoms with van der Waals surface area (Å²) < 4.78 is 22.6. The molecule has 0 heterocycles. The molecule has 1 atom stereocenters. The zero-order valence-electron chi connectivity index (χ0n) is 24.9. The van der Waals surface area contributed by atoms with Gasteiger partial charge >= 0.3 is 7.82 Å². The topological polar surface area (TPSA) is 76.0 Å². The van der Waals surface area contributed by atoms with E-state index in [1.165, 1.54) is 107 Å². The standard InChI is InChI=1S/C31H58NO5P/c1-32(2,3)26-29-37-38(34,35)36-28-19-17-15-13-11-9-7-5-4-6-8-10-12-14-16-18-20-30-21-23-31(24-22-30)25-27-33/h21-24,33H,4-20,25-29H2,1-3H3/p+1. The van der Waals surface area contributed by atoms with Crippen LogP contribution in [0.5, 0.6) is 0 Å². The number of phosphoric acid groups is 1. The van der Waals surface area contributed by atoms with Gasteiger partial charge < -0.3 is 14.5 Å². The van der Waals surface area contributed by atoms with Crippen molar-refractivity contribution < 1.29 is 28.1 Å². The Hall–Kier alpha value is -0.750. The first kappa shape index (κ1) is 35.3. The van der Waals surface area contributed by atoms with Crippen molar-refractivity contribution in [1.82, 2.24) is 0 Å². The summed E-state index contributed by atoms with van der Waals surface area (Å²) in [6, 6.07) is 8.73. The van der Waals surface area contributed by atoms with E-state index < -0.39 is 7.82 Å². The number of aliphatic hydroxyl groups excluding tert-OH is 1. The Kier molecular flexibility index (Phi) is 20.4. The Morgan fingerprint density at radius 1 is 0.605 bits per heavy atom. The number of likely N-dealkylation sites (N-methyl/N-ethyl adjacent to an activating group) is 1. The third-order valence-corrected chi connectivity index (χ3v) is 8.07. The molecule has 6 nitrogen and oxygen atoms in total. The summed E-state index contributed by atoms with van der Waals surface area (Å²) in [4.78, 5) is 9.70. The minimum absolute atomic E-state index is 0.224. The third-order valence-electron chi connectivity index (χ3n) is 7.05. The van der Waals surface area contributed by atoms with Crippen LogP contribution in [-0.2, 0) is 26.5 Å². The Balaban J connectivity index is 1.78. The van der Waals surface area contributed by atoms with Crippen LogP contribution >= 0.6 is 7.82 Å². The van der Waals surface area contributed by atoms with Crippen molar-refractivity contribution in [2.24, 2.45) is 0 Å². The first-order valence-corrected chi connectivity index (χ1v) is 16.8. The number of aryl methyl sites for hydroxylation is 1. The average Bonchev–Trinajstić information content (AvgIpc) is 2.85. The fourth-order valence-electron chi connectivity index (χ4n) is 4.55. The highest BCUT2D eigenvalue weighted by Gasteiger charge is 2.21. The Morgan fingerprint density at radius 2 is 0.974 bits per heavy atom. The Bertz CT molecular complexity index is 720. The number of benzene rings is 1. The van der Waals surface area contributed by atoms with E-state index in [4.69, 9.17) is 14.2 Å². The minimum atomic E-state index is -3.90. The van der Waals surface area contributed by atoms with Crippen LogP contribution < -0.4 is 0 Å². The summed E-state index contributed by atoms with van der Waals surface area (Å²) in [7, 11) is 2.15. The second-order valence-corrected chi connectivity index (χ2v) is 13.3. The van der Waals surface area contributed by atoms with E-state index in [0.717, 1.165) is 19.3 Å². The number of aliphatic hydroxyl groups is 1. The van der Waals surface area contributed by atoms with Crippen molar-refractivity contribution in [1.29, 1.82) is 0 Å². The minimum Gasteiger partial charge on any atom is -0.396 e. The average molecular weight is 557 g/mol. The fraction of sp³-hybridized carbons (Fsp3) is 0.806. The molecule has 0 aliphatic heterocycles. The van der Waals surface area contributed by atoms with Crippen molar-refractivity contribution in [3.8, 4) is 0 Å². The molecule has 1 aromatic rings. The van der Waals surface area contributed by atoms with Gasteiger partial charge in [-0.1, -0.05) is 114 Å². The molecule has 7 heteroatoms. The lowest BCUT2D eigenvalue weighted by Crippen LogP contribution is -2.37. The number of nitrogens with zero attached hydrogens (tertiary/aromatic N) is 1. The maximum atomic E-state index is 11.8. The lowest BCUT2D eigenvalue weighted by atomic mass is 10.0. The first-order chi connectivity index (χ1) is 18.2. The van der Waals surface area contributed by atoms with Crippen molar-refractivity contribution in [3.63, 3.8) is 0 Å². The van der Waals surface area contributed by atoms with Crippen LogP contribution in [0.15, 0.2) is 24.3 Å². The molecular weight excluding hydrogens is 497 g/mol. The molecular formula is C31H59NO5P+. The van der Waals surface area contributed by atoms with Gasteiger partial charge in [0.15, 0.2) is 0 Å². The van der Waals surface area contributed by atoms with Gasteiger partial charge in [0.1, 0.15) is 13.2 Å². The van der Waals surface area contributed by atoms with Crippen LogP contribution in [0.1, 0.15) is 114 Å². The lowest BCUT2D eigenvalue weighted by Gasteiger charge is -2.24. The molecule has 38 heavy (non-hydrogen) atoms. The van der Waals surface area contributed by atoms with Gasteiger partial charge in [-0.3, -0.25) is 9.05 Å². The quantitative estimate of drug-likeness (QED) is 0.0690. The summed E-state index contributed by atoms with van der Waals surface area (Å²) in [5.74, 6) is 0. The van der Waals surface area contributed by atoms with Gasteiger partial charge in [0.05, 0.1) is 27.7 Å². The molecule has 0 saturated heterocycles. The van der Waals surface area contributed by atoms with Crippen LogP contribution in [0.4, 0.5) is 0 Å². The van der Waals surface area contributed by atoms with Crippen LogP contribution in [0.3, 0.4) is 0 Å². The predicted molar refractivity (Wildman–Crippen MR) is 159 cm³/mol. The SMILES string of the molecule is C[N+](C)(C)CCOP(=O)(O)OCCCCCCCCCCCCCCCCCCc1ccc(CCO)cc1. The van der Waals surface area contributed by atoms with E-state index >= 15 is 0 Å². The zero-order valence-corrected chi connectivity index (χ0v) is 25.8. The highest BCUT2D eigenvalue weighted by Crippen LogP contribution is 2.43. The first-order valence-electron chi connectivity index (χ1n) is 15.3. The van der Waals surface area contributed by atoms with Crippen LogP contribution in [0.25, 0.3) is 0 Å². The molecule has 0 bridgehead atoms. The number of quaternary nitrogens is 1. The second kappa shape index (κ2) is 22.0. The van der Waals surface area contributed by atoms with Gasteiger partial charge in [-0.25, -0.2) is 4.57 Å². The van der Waals surface area contributed by atoms with Gasteiger partial charge in [-0.05, 0) is 36.8 Å². The molecule has 0 aliphatic carbocycles. The molecule has 222 valence electrons. The van der Waals surface area contributed by atoms with Crippen molar-refractivity contribution in [3.05, 3.63) is 35.4 Å². The molecule has 1 aromatic carbocycles. The maximum absolute atomic E-state index is 11.8. The normalized spacial score (nSPS) is 13.6. The molecule has 1 unspecified atom stereocenters. The van der Waals surface area contributed by atoms with E-state index in [2.05, 4.69) is 24.3 Å². The molecule has 1 rings (SSSR count). The van der Waals surface area contributed by atoms with Gasteiger partial charge in [0.2, 0.25) is 0 Å². The smallest absolute Gasteiger partial charge is 0.396 e. The van der Waals surface area contributed by atoms with Crippen molar-refractivity contribution in [2.75, 3.05) is 47.5 Å². The van der Waals surface area contributed by atoms with Gasteiger partial charge in [0.25, 0.3) is 0 Å². The van der Waals surface area contributed by atoms with Gasteiger partial charge in [-0.15, -0.1) is 0 Å². The monoisotopic (exact) mass is 556 g/mol. The molecule has 2 N–H and O–H groups in total. The molecule has 0 aromatic heterocycles. The maximum Gasteiger partial charge on any atom is 0.472 e. The molecule has 0 fully saturated rings. The zero-order chi connectivity index (χ0) is 28.0. The third kappa shape index (κ3) is 22.1. The van der Waals surface area contributed by atoms with E-state index in [1.807, 2.05) is 21.1 Å². The van der Waals surface area contributed by atoms with Crippen LogP contribution in [-0.4, -0.2) is 62.0 Å². The summed E-state index contributed by atoms with van der Waals surface area (Å²) >= 11 is 0. The number of unbranched alkanes of at least 4 members (excludes halogenated alkanes) is 15. The van der Waals surface area contributed by atoms with E-state index in [0.29, 0.717) is 17.6 Å². The lowest BCUT2D eigenvalue weighted by molar-refractivity contribution is -0.870. The predicted octanol–water partition coefficient (Wildman–Crippen LogP) is 7.85. The molecule has 0 amide bonds. The van der Waals surface area contributed by atoms with Crippen molar-refractivity contribution >= 4 is 7.82 Å². The Morgan fingerprint density at radius 3 is 1.39 bits per heavy atom. The summed E-state index contributed by atoms with van der Waals surface area (Å²) in [6.07, 6.45) is 22.4. The van der Waals surface area contributed by atoms with Gasteiger partial charge in [-0.2, -0.15) is 0 Å². The van der Waals surface area contributed by atoms with E-state index in [1.54, 1.807) is 0 Å². The van der Waals surface area contributed by atoms with Crippen molar-refractivity contribution in [2.45, 2.75) is 116 Å². The second-order valence-electron chi connectivity index (χ2n) is 11.8. The summed E-state index contributed by atoms with van der Waals surface area (Å²) in [5, 5.41) is 8.99.